The largest absolute Gasteiger partial charge is 0.481 e. The highest BCUT2D eigenvalue weighted by molar-refractivity contribution is 7.99. The third-order valence-electron chi connectivity index (χ3n) is 2.96. The first-order chi connectivity index (χ1) is 11.4. The molecule has 0 fully saturated rings. The number of thioether (sulfide) groups is 1. The van der Waals surface area contributed by atoms with Gasteiger partial charge in [0.1, 0.15) is 5.75 Å². The van der Waals surface area contributed by atoms with Gasteiger partial charge in [-0.3, -0.25) is 9.36 Å². The van der Waals surface area contributed by atoms with Crippen LogP contribution in [0.1, 0.15) is 18.9 Å². The second-order valence-electron chi connectivity index (χ2n) is 4.83. The molecule has 1 atom stereocenters. The van der Waals surface area contributed by atoms with Gasteiger partial charge >= 0.3 is 0 Å². The van der Waals surface area contributed by atoms with Crippen LogP contribution in [0.25, 0.3) is 0 Å². The number of amides is 1. The molecule has 0 aliphatic carbocycles. The average Bonchev–Trinajstić information content (AvgIpc) is 2.92. The standard InChI is InChI=1S/C15H16Cl2N4O2S/c1-3-6-21-14(19-20-15(21)24-8-13(18)22)9(2)23-12-7-10(16)4-5-11(12)17/h3-5,7,9H,1,6,8H2,2H3,(H2,18,22). The number of carbonyl (C=O) groups is 1. The summed E-state index contributed by atoms with van der Waals surface area (Å²) in [5.74, 6) is 0.726. The van der Waals surface area contributed by atoms with Gasteiger partial charge < -0.3 is 10.5 Å². The van der Waals surface area contributed by atoms with Gasteiger partial charge in [0.05, 0.1) is 10.8 Å². The van der Waals surface area contributed by atoms with Crippen LogP contribution in [-0.2, 0) is 11.3 Å². The summed E-state index contributed by atoms with van der Waals surface area (Å²) in [5, 5.41) is 9.78. The Morgan fingerprint density at radius 3 is 2.92 bits per heavy atom. The summed E-state index contributed by atoms with van der Waals surface area (Å²) in [6.45, 7) is 6.02. The number of aromatic nitrogens is 3. The highest BCUT2D eigenvalue weighted by Gasteiger charge is 2.20. The summed E-state index contributed by atoms with van der Waals surface area (Å²) < 4.78 is 7.67. The van der Waals surface area contributed by atoms with E-state index in [1.165, 1.54) is 11.8 Å². The SMILES string of the molecule is C=CCn1c(SCC(N)=O)nnc1C(C)Oc1cc(Cl)ccc1Cl. The zero-order valence-corrected chi connectivity index (χ0v) is 15.2. The van der Waals surface area contributed by atoms with Crippen LogP contribution in [0.4, 0.5) is 0 Å². The molecule has 1 heterocycles. The van der Waals surface area contributed by atoms with Gasteiger partial charge in [-0.1, -0.05) is 41.0 Å². The molecular formula is C15H16Cl2N4O2S. The van der Waals surface area contributed by atoms with E-state index in [9.17, 15) is 4.79 Å². The van der Waals surface area contributed by atoms with Crippen molar-refractivity contribution in [1.82, 2.24) is 14.8 Å². The zero-order chi connectivity index (χ0) is 17.7. The van der Waals surface area contributed by atoms with Crippen LogP contribution in [0.5, 0.6) is 5.75 Å². The smallest absolute Gasteiger partial charge is 0.227 e. The van der Waals surface area contributed by atoms with Crippen molar-refractivity contribution in [3.63, 3.8) is 0 Å². The Labute approximate surface area is 154 Å². The normalized spacial score (nSPS) is 12.0. The fourth-order valence-electron chi connectivity index (χ4n) is 1.95. The molecule has 0 saturated carbocycles. The number of allylic oxidation sites excluding steroid dienone is 1. The van der Waals surface area contributed by atoms with E-state index in [1.807, 2.05) is 11.5 Å². The lowest BCUT2D eigenvalue weighted by Gasteiger charge is -2.16. The lowest BCUT2D eigenvalue weighted by atomic mass is 10.3. The van der Waals surface area contributed by atoms with Crippen molar-refractivity contribution < 1.29 is 9.53 Å². The third kappa shape index (κ3) is 4.66. The highest BCUT2D eigenvalue weighted by atomic mass is 35.5. The number of rotatable bonds is 8. The molecule has 0 aliphatic rings. The molecule has 1 amide bonds. The number of hydrogen-bond acceptors (Lipinski definition) is 5. The lowest BCUT2D eigenvalue weighted by Crippen LogP contribution is -2.15. The van der Waals surface area contributed by atoms with E-state index in [4.69, 9.17) is 33.7 Å². The van der Waals surface area contributed by atoms with Crippen LogP contribution in [0.15, 0.2) is 36.0 Å². The molecule has 2 aromatic rings. The van der Waals surface area contributed by atoms with Crippen molar-refractivity contribution in [2.75, 3.05) is 5.75 Å². The summed E-state index contributed by atoms with van der Waals surface area (Å²) in [4.78, 5) is 11.0. The summed E-state index contributed by atoms with van der Waals surface area (Å²) in [6.07, 6.45) is 1.27. The Morgan fingerprint density at radius 2 is 2.25 bits per heavy atom. The quantitative estimate of drug-likeness (QED) is 0.554. The molecule has 0 aliphatic heterocycles. The topological polar surface area (TPSA) is 83.0 Å². The molecule has 128 valence electrons. The first-order valence-corrected chi connectivity index (χ1v) is 8.73. The maximum Gasteiger partial charge on any atom is 0.227 e. The van der Waals surface area contributed by atoms with Crippen molar-refractivity contribution in [1.29, 1.82) is 0 Å². The molecule has 0 radical (unpaired) electrons. The minimum atomic E-state index is -0.434. The van der Waals surface area contributed by atoms with Crippen molar-refractivity contribution in [2.24, 2.45) is 5.73 Å². The second kappa shape index (κ2) is 8.41. The van der Waals surface area contributed by atoms with Crippen LogP contribution in [0.3, 0.4) is 0 Å². The van der Waals surface area contributed by atoms with E-state index in [1.54, 1.807) is 24.3 Å². The van der Waals surface area contributed by atoms with Crippen LogP contribution >= 0.6 is 35.0 Å². The van der Waals surface area contributed by atoms with Crippen LogP contribution < -0.4 is 10.5 Å². The maximum absolute atomic E-state index is 11.0. The lowest BCUT2D eigenvalue weighted by molar-refractivity contribution is -0.115. The summed E-state index contributed by atoms with van der Waals surface area (Å²) >= 11 is 13.3. The van der Waals surface area contributed by atoms with Gasteiger partial charge in [-0.15, -0.1) is 16.8 Å². The van der Waals surface area contributed by atoms with Crippen LogP contribution in [-0.4, -0.2) is 26.4 Å². The molecule has 1 aromatic carbocycles. The van der Waals surface area contributed by atoms with Gasteiger partial charge in [0.25, 0.3) is 0 Å². The first kappa shape index (κ1) is 18.6. The molecule has 9 heteroatoms. The Bertz CT molecular complexity index is 751. The van der Waals surface area contributed by atoms with Crippen molar-refractivity contribution in [2.45, 2.75) is 24.7 Å². The zero-order valence-electron chi connectivity index (χ0n) is 12.9. The predicted octanol–water partition coefficient (Wildman–Crippen LogP) is 3.49. The Kier molecular flexibility index (Phi) is 6.53. The van der Waals surface area contributed by atoms with E-state index in [0.717, 1.165) is 0 Å². The number of benzene rings is 1. The number of nitrogens with zero attached hydrogens (tertiary/aromatic N) is 3. The van der Waals surface area contributed by atoms with Crippen LogP contribution in [0.2, 0.25) is 10.0 Å². The molecule has 0 bridgehead atoms. The second-order valence-corrected chi connectivity index (χ2v) is 6.62. The summed E-state index contributed by atoms with van der Waals surface area (Å²) in [6, 6.07) is 4.98. The Hall–Kier alpha value is -1.70. The summed E-state index contributed by atoms with van der Waals surface area (Å²) in [5.41, 5.74) is 5.17. The number of ether oxygens (including phenoxy) is 1. The van der Waals surface area contributed by atoms with Gasteiger partial charge in [0.15, 0.2) is 17.1 Å². The van der Waals surface area contributed by atoms with E-state index >= 15 is 0 Å². The molecular weight excluding hydrogens is 371 g/mol. The number of nitrogens with two attached hydrogens (primary N) is 1. The number of halogens is 2. The van der Waals surface area contributed by atoms with Gasteiger partial charge in [-0.25, -0.2) is 0 Å². The van der Waals surface area contributed by atoms with Gasteiger partial charge in [0.2, 0.25) is 5.91 Å². The van der Waals surface area contributed by atoms with Gasteiger partial charge in [-0.05, 0) is 19.1 Å². The monoisotopic (exact) mass is 386 g/mol. The number of hydrogen-bond donors (Lipinski definition) is 1. The molecule has 2 rings (SSSR count). The van der Waals surface area contributed by atoms with E-state index in [2.05, 4.69) is 16.8 Å². The first-order valence-electron chi connectivity index (χ1n) is 6.99. The van der Waals surface area contributed by atoms with Crippen molar-refractivity contribution in [3.8, 4) is 5.75 Å². The summed E-state index contributed by atoms with van der Waals surface area (Å²) in [7, 11) is 0. The minimum absolute atomic E-state index is 0.116. The molecule has 1 unspecified atom stereocenters. The molecule has 2 N–H and O–H groups in total. The number of primary amides is 1. The molecule has 6 nitrogen and oxygen atoms in total. The third-order valence-corrected chi connectivity index (χ3v) is 4.50. The van der Waals surface area contributed by atoms with E-state index < -0.39 is 12.0 Å². The van der Waals surface area contributed by atoms with Crippen molar-refractivity contribution in [3.05, 3.63) is 46.7 Å². The molecule has 1 aromatic heterocycles. The average molecular weight is 387 g/mol. The molecule has 24 heavy (non-hydrogen) atoms. The fraction of sp³-hybridized carbons (Fsp3) is 0.267. The molecule has 0 spiro atoms. The van der Waals surface area contributed by atoms with Gasteiger partial charge in [-0.2, -0.15) is 0 Å². The minimum Gasteiger partial charge on any atom is -0.481 e. The van der Waals surface area contributed by atoms with E-state index in [-0.39, 0.29) is 5.75 Å². The van der Waals surface area contributed by atoms with Crippen LogP contribution in [0, 0.1) is 0 Å². The predicted molar refractivity (Wildman–Crippen MR) is 95.6 cm³/mol. The van der Waals surface area contributed by atoms with Crippen molar-refractivity contribution >= 4 is 40.9 Å². The maximum atomic E-state index is 11.0. The highest BCUT2D eigenvalue weighted by Crippen LogP contribution is 2.32. The Morgan fingerprint density at radius 1 is 1.50 bits per heavy atom. The van der Waals surface area contributed by atoms with Gasteiger partial charge in [0, 0.05) is 17.6 Å². The van der Waals surface area contributed by atoms with E-state index in [0.29, 0.717) is 33.3 Å². The number of carbonyl (C=O) groups excluding carboxylic acids is 1. The fourth-order valence-corrected chi connectivity index (χ4v) is 2.97. The molecule has 0 saturated heterocycles. The Balaban J connectivity index is 2.24.